The molecule has 2 N–H and O–H groups in total. The fourth-order valence-corrected chi connectivity index (χ4v) is 5.32. The highest BCUT2D eigenvalue weighted by molar-refractivity contribution is 6.37. The summed E-state index contributed by atoms with van der Waals surface area (Å²) in [5, 5.41) is 10.8. The van der Waals surface area contributed by atoms with Crippen LogP contribution in [0.4, 0.5) is 0 Å². The summed E-state index contributed by atoms with van der Waals surface area (Å²) in [5.41, 5.74) is 2.57. The largest absolute Gasteiger partial charge is 0.288 e. The van der Waals surface area contributed by atoms with Crippen molar-refractivity contribution in [2.45, 2.75) is 6.42 Å². The first-order valence-electron chi connectivity index (χ1n) is 9.94. The average Bonchev–Trinajstić information content (AvgIpc) is 2.96. The Hall–Kier alpha value is -4.32. The number of fused-ring (bicyclic) bond motifs is 2. The zero-order chi connectivity index (χ0) is 21.0. The lowest BCUT2D eigenvalue weighted by Gasteiger charge is -2.23. The van der Waals surface area contributed by atoms with Crippen LogP contribution in [0, 0.1) is 0 Å². The van der Waals surface area contributed by atoms with Crippen molar-refractivity contribution in [1.82, 2.24) is 10.6 Å². The Morgan fingerprint density at radius 1 is 0.548 bits per heavy atom. The Bertz CT molecular complexity index is 1710. The Labute approximate surface area is 174 Å². The molecule has 7 rings (SSSR count). The van der Waals surface area contributed by atoms with Crippen LogP contribution in [0.25, 0.3) is 44.0 Å². The highest BCUT2D eigenvalue weighted by atomic mass is 16.2. The van der Waals surface area contributed by atoms with Crippen LogP contribution in [0.5, 0.6) is 0 Å². The van der Waals surface area contributed by atoms with Crippen LogP contribution in [-0.2, 0) is 4.79 Å². The maximum Gasteiger partial charge on any atom is 0.258 e. The summed E-state index contributed by atoms with van der Waals surface area (Å²) in [7, 11) is 0. The Morgan fingerprint density at radius 2 is 1.13 bits per heavy atom. The van der Waals surface area contributed by atoms with Crippen LogP contribution in [0.15, 0.2) is 42.5 Å². The van der Waals surface area contributed by atoms with E-state index in [9.17, 15) is 19.2 Å². The van der Waals surface area contributed by atoms with Crippen LogP contribution in [0.3, 0.4) is 0 Å². The fraction of sp³-hybridized carbons (Fsp3) is 0.0400. The van der Waals surface area contributed by atoms with E-state index in [0.29, 0.717) is 39.6 Å². The molecule has 1 aliphatic carbocycles. The summed E-state index contributed by atoms with van der Waals surface area (Å²) < 4.78 is 0. The second kappa shape index (κ2) is 5.23. The van der Waals surface area contributed by atoms with Gasteiger partial charge in [0, 0.05) is 33.2 Å². The molecule has 6 nitrogen and oxygen atoms in total. The van der Waals surface area contributed by atoms with Gasteiger partial charge in [-0.15, -0.1) is 0 Å². The van der Waals surface area contributed by atoms with Gasteiger partial charge in [-0.25, -0.2) is 0 Å². The Balaban J connectivity index is 1.81. The molecule has 2 aliphatic heterocycles. The van der Waals surface area contributed by atoms with Gasteiger partial charge in [0.25, 0.3) is 23.6 Å². The van der Waals surface area contributed by atoms with Gasteiger partial charge in [-0.1, -0.05) is 30.4 Å². The third kappa shape index (κ3) is 1.83. The van der Waals surface area contributed by atoms with Crippen LogP contribution >= 0.6 is 0 Å². The van der Waals surface area contributed by atoms with Gasteiger partial charge in [0.2, 0.25) is 0 Å². The lowest BCUT2D eigenvalue weighted by Crippen LogP contribution is -2.37. The maximum absolute atomic E-state index is 12.6. The number of imide groups is 2. The first-order chi connectivity index (χ1) is 15.0. The number of nitrogens with one attached hydrogen (secondary N) is 2. The molecule has 0 atom stereocenters. The van der Waals surface area contributed by atoms with Crippen molar-refractivity contribution >= 4 is 67.6 Å². The summed E-state index contributed by atoms with van der Waals surface area (Å²) in [6.07, 6.45) is 4.41. The lowest BCUT2D eigenvalue weighted by atomic mass is 9.83. The monoisotopic (exact) mass is 404 g/mol. The van der Waals surface area contributed by atoms with Gasteiger partial charge in [0.05, 0.1) is 0 Å². The van der Waals surface area contributed by atoms with Gasteiger partial charge in [0.15, 0.2) is 0 Å². The second-order valence-corrected chi connectivity index (χ2v) is 8.02. The van der Waals surface area contributed by atoms with Gasteiger partial charge < -0.3 is 0 Å². The van der Waals surface area contributed by atoms with Crippen molar-refractivity contribution in [2.75, 3.05) is 0 Å². The van der Waals surface area contributed by atoms with E-state index in [1.807, 2.05) is 30.4 Å². The molecule has 2 heterocycles. The SMILES string of the molecule is O=C1NC(=O)c2ccc3c4c2C1=CCC=c4c1ccc2c4c(ccc3c41)C(=O)NC2=O. The minimum absolute atomic E-state index is 0.390. The maximum atomic E-state index is 12.6. The van der Waals surface area contributed by atoms with E-state index in [1.54, 1.807) is 18.2 Å². The van der Waals surface area contributed by atoms with Gasteiger partial charge in [-0.2, -0.15) is 0 Å². The third-order valence-electron chi connectivity index (χ3n) is 6.56. The number of carbonyl (C=O) groups is 4. The zero-order valence-electron chi connectivity index (χ0n) is 16.0. The minimum atomic E-state index is -0.404. The molecule has 4 aromatic carbocycles. The van der Waals surface area contributed by atoms with Crippen molar-refractivity contribution in [3.8, 4) is 0 Å². The van der Waals surface area contributed by atoms with Gasteiger partial charge in [-0.05, 0) is 56.8 Å². The molecule has 0 spiro atoms. The molecule has 0 radical (unpaired) electrons. The minimum Gasteiger partial charge on any atom is -0.288 e. The first kappa shape index (κ1) is 16.5. The molecule has 4 aromatic rings. The normalized spacial score (nSPS) is 16.8. The second-order valence-electron chi connectivity index (χ2n) is 8.02. The van der Waals surface area contributed by atoms with Crippen LogP contribution in [-0.4, -0.2) is 23.6 Å². The van der Waals surface area contributed by atoms with Crippen LogP contribution < -0.4 is 15.9 Å². The van der Waals surface area contributed by atoms with E-state index in [4.69, 9.17) is 0 Å². The fourth-order valence-electron chi connectivity index (χ4n) is 5.32. The Morgan fingerprint density at radius 3 is 1.87 bits per heavy atom. The first-order valence-corrected chi connectivity index (χ1v) is 9.94. The molecule has 0 aromatic heterocycles. The summed E-state index contributed by atoms with van der Waals surface area (Å²) in [5.74, 6) is -1.60. The average molecular weight is 404 g/mol. The van der Waals surface area contributed by atoms with E-state index in [2.05, 4.69) is 10.6 Å². The van der Waals surface area contributed by atoms with Gasteiger partial charge >= 0.3 is 0 Å². The summed E-state index contributed by atoms with van der Waals surface area (Å²) in [4.78, 5) is 50.1. The molecule has 0 fully saturated rings. The topological polar surface area (TPSA) is 92.3 Å². The number of allylic oxidation sites excluding steroid dienone is 1. The van der Waals surface area contributed by atoms with Crippen LogP contribution in [0.2, 0.25) is 0 Å². The molecule has 0 unspecified atom stereocenters. The number of amides is 4. The van der Waals surface area contributed by atoms with Crippen molar-refractivity contribution in [2.24, 2.45) is 0 Å². The molecule has 31 heavy (non-hydrogen) atoms. The Kier molecular flexibility index (Phi) is 2.78. The predicted octanol–water partition coefficient (Wildman–Crippen LogP) is 2.59. The van der Waals surface area contributed by atoms with Crippen molar-refractivity contribution < 1.29 is 19.2 Å². The van der Waals surface area contributed by atoms with Crippen molar-refractivity contribution in [3.05, 3.63) is 69.9 Å². The number of carbonyl (C=O) groups excluding carboxylic acids is 4. The molecule has 146 valence electrons. The van der Waals surface area contributed by atoms with Crippen LogP contribution in [0.1, 0.15) is 43.1 Å². The van der Waals surface area contributed by atoms with Crippen molar-refractivity contribution in [3.63, 3.8) is 0 Å². The molecule has 0 bridgehead atoms. The molecule has 3 aliphatic rings. The lowest BCUT2D eigenvalue weighted by molar-refractivity contribution is -0.114. The molecule has 6 heteroatoms. The quantitative estimate of drug-likeness (QED) is 0.268. The zero-order valence-corrected chi connectivity index (χ0v) is 16.0. The van der Waals surface area contributed by atoms with E-state index >= 15 is 0 Å². The summed E-state index contributed by atoms with van der Waals surface area (Å²) in [6.45, 7) is 0. The highest BCUT2D eigenvalue weighted by Crippen LogP contribution is 2.40. The molecule has 0 saturated heterocycles. The number of rotatable bonds is 0. The standard InChI is InChI=1S/C25H12N2O4/c28-22-14-3-1-2-10-11-4-7-16-21-17(25(31)27-24(16)30)9-6-13(19(11)21)12-5-8-15(23(29)26-22)20(14)18(10)12/h2-9H,1H2,(H,26,28,29)(H,27,30,31). The summed E-state index contributed by atoms with van der Waals surface area (Å²) >= 11 is 0. The molecular weight excluding hydrogens is 392 g/mol. The van der Waals surface area contributed by atoms with E-state index in [0.717, 1.165) is 32.1 Å². The third-order valence-corrected chi connectivity index (χ3v) is 6.56. The number of hydrogen-bond acceptors (Lipinski definition) is 4. The van der Waals surface area contributed by atoms with Crippen molar-refractivity contribution in [1.29, 1.82) is 0 Å². The summed E-state index contributed by atoms with van der Waals surface area (Å²) in [6, 6.07) is 10.9. The van der Waals surface area contributed by atoms with E-state index in [-0.39, 0.29) is 5.91 Å². The van der Waals surface area contributed by atoms with Gasteiger partial charge in [-0.3, -0.25) is 29.8 Å². The number of benzene rings is 4. The van der Waals surface area contributed by atoms with E-state index in [1.165, 1.54) is 0 Å². The molecular formula is C25H12N2O4. The highest BCUT2D eigenvalue weighted by Gasteiger charge is 2.32. The van der Waals surface area contributed by atoms with Gasteiger partial charge in [0.1, 0.15) is 0 Å². The molecule has 4 amide bonds. The number of hydrogen-bond donors (Lipinski definition) is 2. The smallest absolute Gasteiger partial charge is 0.258 e. The molecule has 0 saturated carbocycles. The predicted molar refractivity (Wildman–Crippen MR) is 116 cm³/mol. The van der Waals surface area contributed by atoms with E-state index < -0.39 is 17.7 Å².